The lowest BCUT2D eigenvalue weighted by molar-refractivity contribution is 0.447. The molecule has 1 aromatic rings. The molecule has 1 heterocycles. The smallest absolute Gasteiger partial charge is 0.0449 e. The lowest BCUT2D eigenvalue weighted by Crippen LogP contribution is -2.38. The minimum Gasteiger partial charge on any atom is -0.313 e. The Labute approximate surface area is 106 Å². The van der Waals surface area contributed by atoms with E-state index >= 15 is 0 Å². The zero-order valence-electron chi connectivity index (χ0n) is 9.89. The molecule has 2 N–H and O–H groups in total. The van der Waals surface area contributed by atoms with Gasteiger partial charge in [0.25, 0.3) is 0 Å². The van der Waals surface area contributed by atoms with E-state index in [4.69, 9.17) is 0 Å². The molecule has 0 amide bonds. The molecule has 1 atom stereocenters. The topological polar surface area (TPSA) is 24.1 Å². The molecule has 1 aliphatic rings. The molecule has 0 aromatic heterocycles. The van der Waals surface area contributed by atoms with Crippen molar-refractivity contribution in [1.29, 1.82) is 0 Å². The first kappa shape index (κ1) is 12.1. The molecule has 1 aliphatic heterocycles. The molecule has 1 aromatic carbocycles. The summed E-state index contributed by atoms with van der Waals surface area (Å²) in [5.41, 5.74) is 2.92. The van der Waals surface area contributed by atoms with Gasteiger partial charge in [0.2, 0.25) is 0 Å². The molecule has 0 bridgehead atoms. The Morgan fingerprint density at radius 1 is 1.50 bits per heavy atom. The van der Waals surface area contributed by atoms with E-state index in [0.717, 1.165) is 19.5 Å². The van der Waals surface area contributed by atoms with Crippen molar-refractivity contribution < 1.29 is 0 Å². The van der Waals surface area contributed by atoms with Gasteiger partial charge in [-0.3, -0.25) is 0 Å². The van der Waals surface area contributed by atoms with Gasteiger partial charge < -0.3 is 10.6 Å². The van der Waals surface area contributed by atoms with Crippen LogP contribution in [0.1, 0.15) is 31.0 Å². The van der Waals surface area contributed by atoms with Gasteiger partial charge in [0.05, 0.1) is 0 Å². The maximum atomic E-state index is 3.57. The number of fused-ring (bicyclic) bond motifs is 1. The van der Waals surface area contributed by atoms with Crippen molar-refractivity contribution in [3.63, 3.8) is 0 Å². The molecule has 0 saturated carbocycles. The molecule has 0 radical (unpaired) electrons. The van der Waals surface area contributed by atoms with Crippen LogP contribution in [0.15, 0.2) is 22.7 Å². The maximum absolute atomic E-state index is 3.57. The summed E-state index contributed by atoms with van der Waals surface area (Å²) in [6, 6.07) is 7.62. The quantitative estimate of drug-likeness (QED) is 0.891. The van der Waals surface area contributed by atoms with E-state index in [1.54, 1.807) is 0 Å². The van der Waals surface area contributed by atoms with E-state index < -0.39 is 0 Å². The minimum atomic E-state index is 0.458. The molecule has 16 heavy (non-hydrogen) atoms. The highest BCUT2D eigenvalue weighted by atomic mass is 79.9. The summed E-state index contributed by atoms with van der Waals surface area (Å²) in [5, 5.41) is 7.07. The minimum absolute atomic E-state index is 0.458. The zero-order valence-corrected chi connectivity index (χ0v) is 11.5. The van der Waals surface area contributed by atoms with Gasteiger partial charge in [-0.25, -0.2) is 0 Å². The van der Waals surface area contributed by atoms with Crippen LogP contribution in [0.5, 0.6) is 0 Å². The second-order valence-corrected chi connectivity index (χ2v) is 5.58. The van der Waals surface area contributed by atoms with Crippen LogP contribution in [0, 0.1) is 0 Å². The second-order valence-electron chi connectivity index (χ2n) is 4.66. The fourth-order valence-electron chi connectivity index (χ4n) is 2.16. The largest absolute Gasteiger partial charge is 0.313 e. The van der Waals surface area contributed by atoms with Crippen LogP contribution in [-0.2, 0) is 6.42 Å². The van der Waals surface area contributed by atoms with Crippen LogP contribution in [0.3, 0.4) is 0 Å². The van der Waals surface area contributed by atoms with Gasteiger partial charge in [0.15, 0.2) is 0 Å². The Kier molecular flexibility index (Phi) is 4.00. The Balaban J connectivity index is 2.13. The highest BCUT2D eigenvalue weighted by molar-refractivity contribution is 9.10. The predicted molar refractivity (Wildman–Crippen MR) is 71.7 cm³/mol. The second kappa shape index (κ2) is 5.30. The van der Waals surface area contributed by atoms with Crippen LogP contribution in [0.2, 0.25) is 0 Å². The summed E-state index contributed by atoms with van der Waals surface area (Å²) in [5.74, 6) is 0. The molecule has 1 unspecified atom stereocenters. The van der Waals surface area contributed by atoms with E-state index in [9.17, 15) is 0 Å². The van der Waals surface area contributed by atoms with Gasteiger partial charge in [0.1, 0.15) is 0 Å². The van der Waals surface area contributed by atoms with Gasteiger partial charge >= 0.3 is 0 Å². The van der Waals surface area contributed by atoms with Crippen molar-refractivity contribution in [2.45, 2.75) is 32.4 Å². The lowest BCUT2D eigenvalue weighted by atomic mass is 9.94. The van der Waals surface area contributed by atoms with Crippen molar-refractivity contribution in [2.24, 2.45) is 0 Å². The molecule has 0 spiro atoms. The molecule has 2 rings (SSSR count). The first-order valence-electron chi connectivity index (χ1n) is 5.92. The Bertz CT molecular complexity index is 363. The van der Waals surface area contributed by atoms with Crippen LogP contribution >= 0.6 is 15.9 Å². The Hall–Kier alpha value is -0.380. The SMILES string of the molecule is CC(C)NCC1NCCc2cc(Br)ccc21. The monoisotopic (exact) mass is 282 g/mol. The number of halogens is 1. The number of nitrogens with one attached hydrogen (secondary N) is 2. The summed E-state index contributed by atoms with van der Waals surface area (Å²) in [4.78, 5) is 0. The third-order valence-corrected chi connectivity index (χ3v) is 3.49. The van der Waals surface area contributed by atoms with Crippen molar-refractivity contribution >= 4 is 15.9 Å². The van der Waals surface area contributed by atoms with Crippen molar-refractivity contribution in [1.82, 2.24) is 10.6 Å². The summed E-state index contributed by atoms with van der Waals surface area (Å²) in [6.07, 6.45) is 1.13. The zero-order chi connectivity index (χ0) is 11.5. The van der Waals surface area contributed by atoms with Gasteiger partial charge in [-0.2, -0.15) is 0 Å². The summed E-state index contributed by atoms with van der Waals surface area (Å²) in [7, 11) is 0. The average molecular weight is 283 g/mol. The van der Waals surface area contributed by atoms with E-state index in [2.05, 4.69) is 58.6 Å². The van der Waals surface area contributed by atoms with Crippen LogP contribution < -0.4 is 10.6 Å². The van der Waals surface area contributed by atoms with Crippen LogP contribution in [-0.4, -0.2) is 19.1 Å². The molecule has 88 valence electrons. The molecule has 3 heteroatoms. The van der Waals surface area contributed by atoms with Gasteiger partial charge in [-0.1, -0.05) is 35.8 Å². The molecule has 0 aliphatic carbocycles. The standard InChI is InChI=1S/C13H19BrN2/c1-9(2)16-8-13-12-4-3-11(14)7-10(12)5-6-15-13/h3-4,7,9,13,15-16H,5-6,8H2,1-2H3. The fourth-order valence-corrected chi connectivity index (χ4v) is 2.57. The Morgan fingerprint density at radius 3 is 3.06 bits per heavy atom. The highest BCUT2D eigenvalue weighted by Crippen LogP contribution is 2.25. The van der Waals surface area contributed by atoms with Crippen molar-refractivity contribution in [3.8, 4) is 0 Å². The van der Waals surface area contributed by atoms with Crippen LogP contribution in [0.4, 0.5) is 0 Å². The predicted octanol–water partition coefficient (Wildman–Crippen LogP) is 2.63. The van der Waals surface area contributed by atoms with E-state index in [1.165, 1.54) is 15.6 Å². The molecule has 2 nitrogen and oxygen atoms in total. The molecular weight excluding hydrogens is 264 g/mol. The van der Waals surface area contributed by atoms with E-state index in [1.807, 2.05) is 0 Å². The molecule has 0 saturated heterocycles. The third-order valence-electron chi connectivity index (χ3n) is 3.00. The van der Waals surface area contributed by atoms with Gasteiger partial charge in [0, 0.05) is 23.1 Å². The first-order chi connectivity index (χ1) is 7.66. The van der Waals surface area contributed by atoms with Crippen LogP contribution in [0.25, 0.3) is 0 Å². The van der Waals surface area contributed by atoms with Gasteiger partial charge in [-0.05, 0) is 36.2 Å². The Morgan fingerprint density at radius 2 is 2.31 bits per heavy atom. The number of benzene rings is 1. The van der Waals surface area contributed by atoms with Gasteiger partial charge in [-0.15, -0.1) is 0 Å². The summed E-state index contributed by atoms with van der Waals surface area (Å²) >= 11 is 3.54. The number of rotatable bonds is 3. The maximum Gasteiger partial charge on any atom is 0.0449 e. The molecule has 0 fully saturated rings. The van der Waals surface area contributed by atoms with Crippen molar-refractivity contribution in [2.75, 3.05) is 13.1 Å². The third kappa shape index (κ3) is 2.84. The first-order valence-corrected chi connectivity index (χ1v) is 6.71. The number of hydrogen-bond donors (Lipinski definition) is 2. The van der Waals surface area contributed by atoms with Crippen molar-refractivity contribution in [3.05, 3.63) is 33.8 Å². The van der Waals surface area contributed by atoms with E-state index in [0.29, 0.717) is 12.1 Å². The normalized spacial score (nSPS) is 19.9. The summed E-state index contributed by atoms with van der Waals surface area (Å²) < 4.78 is 1.18. The summed E-state index contributed by atoms with van der Waals surface area (Å²) in [6.45, 7) is 6.46. The average Bonchev–Trinajstić information content (AvgIpc) is 2.25. The number of hydrogen-bond acceptors (Lipinski definition) is 2. The van der Waals surface area contributed by atoms with E-state index in [-0.39, 0.29) is 0 Å². The molecular formula is C13H19BrN2. The highest BCUT2D eigenvalue weighted by Gasteiger charge is 2.19. The fraction of sp³-hybridized carbons (Fsp3) is 0.538. The lowest BCUT2D eigenvalue weighted by Gasteiger charge is -2.28.